The Morgan fingerprint density at radius 1 is 0.885 bits per heavy atom. The highest BCUT2D eigenvalue weighted by atomic mass is 16.5. The number of hydrogen-bond acceptors (Lipinski definition) is 8. The van der Waals surface area contributed by atoms with Crippen LogP contribution in [0, 0.1) is 29.6 Å². The van der Waals surface area contributed by atoms with Crippen LogP contribution in [0.2, 0.25) is 0 Å². The van der Waals surface area contributed by atoms with Crippen LogP contribution in [0.5, 0.6) is 0 Å². The normalized spacial score (nSPS) is 22.2. The number of ether oxygens (including phenoxy) is 1. The van der Waals surface area contributed by atoms with Crippen LogP contribution in [0.25, 0.3) is 0 Å². The first-order valence-electron chi connectivity index (χ1n) is 19.6. The standard InChI is InChI=1S/C41H58N2O9/c1-4-13-30(39(48)34(44)20-21-36(46)42-38(41(50)51)28-16-9-6-10-17-28)23-35(45)33-22-29-18-11-12-19-32(29)43(33)40(49)31(27-14-7-5-8-15-27)24-37(47)52-25-26(2)3/h6,9-10,16-17,26-27,29-33,38H,4-5,7-8,11-15,18-25H2,1-3H3,(H,42,46)(H,50,51)/t29-,30?,31-,32-,33-,38?/m0/s1. The number of carboxylic acid groups (broad SMARTS) is 1. The van der Waals surface area contributed by atoms with E-state index >= 15 is 0 Å². The lowest BCUT2D eigenvalue weighted by Crippen LogP contribution is -2.51. The summed E-state index contributed by atoms with van der Waals surface area (Å²) >= 11 is 0. The lowest BCUT2D eigenvalue weighted by molar-refractivity contribution is -0.154. The Kier molecular flexibility index (Phi) is 15.6. The van der Waals surface area contributed by atoms with Crippen LogP contribution >= 0.6 is 0 Å². The molecule has 3 fully saturated rings. The number of amides is 2. The van der Waals surface area contributed by atoms with Crippen molar-refractivity contribution in [1.82, 2.24) is 10.2 Å². The van der Waals surface area contributed by atoms with Crippen molar-refractivity contribution in [2.24, 2.45) is 29.6 Å². The van der Waals surface area contributed by atoms with Gasteiger partial charge in [0.15, 0.2) is 17.6 Å². The molecule has 1 aromatic rings. The molecule has 2 aliphatic carbocycles. The van der Waals surface area contributed by atoms with Crippen molar-refractivity contribution in [3.8, 4) is 0 Å². The van der Waals surface area contributed by atoms with E-state index in [-0.39, 0.29) is 67.3 Å². The number of nitrogens with one attached hydrogen (secondary N) is 1. The highest BCUT2D eigenvalue weighted by Gasteiger charge is 2.50. The number of likely N-dealkylation sites (tertiary alicyclic amines) is 1. The first kappa shape index (κ1) is 40.9. The smallest absolute Gasteiger partial charge is 0.330 e. The molecule has 0 radical (unpaired) electrons. The van der Waals surface area contributed by atoms with Crippen LogP contribution in [0.1, 0.15) is 135 Å². The molecule has 52 heavy (non-hydrogen) atoms. The number of Topliss-reactive ketones (excluding diaryl/α,β-unsaturated/α-hetero) is 3. The Morgan fingerprint density at radius 3 is 2.21 bits per heavy atom. The van der Waals surface area contributed by atoms with Crippen LogP contribution < -0.4 is 5.32 Å². The molecule has 3 aliphatic rings. The third-order valence-electron chi connectivity index (χ3n) is 11.2. The number of rotatable bonds is 19. The lowest BCUT2D eigenvalue weighted by atomic mass is 9.77. The van der Waals surface area contributed by atoms with Crippen molar-refractivity contribution in [3.05, 3.63) is 35.9 Å². The molecule has 6 atom stereocenters. The topological polar surface area (TPSA) is 164 Å². The maximum Gasteiger partial charge on any atom is 0.330 e. The van der Waals surface area contributed by atoms with Crippen LogP contribution in [0.15, 0.2) is 30.3 Å². The Hall–Kier alpha value is -3.89. The van der Waals surface area contributed by atoms with Gasteiger partial charge in [-0.3, -0.25) is 28.8 Å². The molecule has 2 amide bonds. The molecule has 1 heterocycles. The summed E-state index contributed by atoms with van der Waals surface area (Å²) in [5.41, 5.74) is 0.377. The second-order valence-corrected chi connectivity index (χ2v) is 15.6. The van der Waals surface area contributed by atoms with Crippen molar-refractivity contribution < 1.29 is 43.4 Å². The number of fused-ring (bicyclic) bond motifs is 1. The van der Waals surface area contributed by atoms with Crippen LogP contribution in [0.3, 0.4) is 0 Å². The minimum Gasteiger partial charge on any atom is -0.479 e. The molecule has 2 unspecified atom stereocenters. The fourth-order valence-electron chi connectivity index (χ4n) is 8.54. The number of hydrogen-bond donors (Lipinski definition) is 2. The average molecular weight is 723 g/mol. The molecule has 11 heteroatoms. The van der Waals surface area contributed by atoms with Gasteiger partial charge in [-0.1, -0.05) is 89.6 Å². The largest absolute Gasteiger partial charge is 0.479 e. The van der Waals surface area contributed by atoms with Crippen molar-refractivity contribution in [2.75, 3.05) is 6.61 Å². The van der Waals surface area contributed by atoms with Crippen LogP contribution in [0.4, 0.5) is 0 Å². The number of esters is 1. The fourth-order valence-corrected chi connectivity index (χ4v) is 8.54. The Balaban J connectivity index is 1.46. The van der Waals surface area contributed by atoms with Gasteiger partial charge in [-0.05, 0) is 61.8 Å². The van der Waals surface area contributed by atoms with Gasteiger partial charge in [0.25, 0.3) is 0 Å². The number of carboxylic acids is 1. The fraction of sp³-hybridized carbons (Fsp3) is 0.683. The monoisotopic (exact) mass is 722 g/mol. The maximum absolute atomic E-state index is 14.7. The third-order valence-corrected chi connectivity index (χ3v) is 11.2. The van der Waals surface area contributed by atoms with Gasteiger partial charge < -0.3 is 20.1 Å². The molecule has 286 valence electrons. The second-order valence-electron chi connectivity index (χ2n) is 15.6. The van der Waals surface area contributed by atoms with E-state index in [1.54, 1.807) is 35.2 Å². The third kappa shape index (κ3) is 11.1. The van der Waals surface area contributed by atoms with Gasteiger partial charge in [0.05, 0.1) is 25.0 Å². The molecule has 0 aromatic heterocycles. The van der Waals surface area contributed by atoms with Crippen molar-refractivity contribution in [3.63, 3.8) is 0 Å². The number of ketones is 3. The molecule has 4 rings (SSSR count). The average Bonchev–Trinajstić information content (AvgIpc) is 3.54. The quantitative estimate of drug-likeness (QED) is 0.126. The molecule has 0 bridgehead atoms. The predicted octanol–water partition coefficient (Wildman–Crippen LogP) is 6.17. The molecule has 2 saturated carbocycles. The zero-order chi connectivity index (χ0) is 37.8. The van der Waals surface area contributed by atoms with E-state index in [0.29, 0.717) is 24.8 Å². The second kappa shape index (κ2) is 19.8. The SMILES string of the molecule is CCCC(CC(=O)[C@@H]1C[C@@H]2CCCC[C@@H]2N1C(=O)[C@@H](CC(=O)OCC(C)C)C1CCCCC1)C(=O)C(=O)CCC(=O)NC(C(=O)O)c1ccccc1. The van der Waals surface area contributed by atoms with E-state index < -0.39 is 53.8 Å². The summed E-state index contributed by atoms with van der Waals surface area (Å²) < 4.78 is 5.53. The number of carbonyl (C=O) groups excluding carboxylic acids is 6. The van der Waals surface area contributed by atoms with Crippen molar-refractivity contribution in [2.45, 2.75) is 142 Å². The zero-order valence-corrected chi connectivity index (χ0v) is 31.2. The highest BCUT2D eigenvalue weighted by Crippen LogP contribution is 2.43. The lowest BCUT2D eigenvalue weighted by Gasteiger charge is -2.38. The van der Waals surface area contributed by atoms with Gasteiger partial charge in [-0.2, -0.15) is 0 Å². The van der Waals surface area contributed by atoms with E-state index in [9.17, 15) is 38.7 Å². The van der Waals surface area contributed by atoms with Gasteiger partial charge in [-0.15, -0.1) is 0 Å². The minimum absolute atomic E-state index is 0.0113. The van der Waals surface area contributed by atoms with E-state index in [1.807, 2.05) is 20.8 Å². The summed E-state index contributed by atoms with van der Waals surface area (Å²) in [5, 5.41) is 12.1. The molecular formula is C41H58N2O9. The van der Waals surface area contributed by atoms with E-state index in [2.05, 4.69) is 5.32 Å². The van der Waals surface area contributed by atoms with Gasteiger partial charge >= 0.3 is 11.9 Å². The number of nitrogens with zero attached hydrogens (tertiary/aromatic N) is 1. The molecule has 11 nitrogen and oxygen atoms in total. The Morgan fingerprint density at radius 2 is 1.56 bits per heavy atom. The number of carbonyl (C=O) groups is 7. The van der Waals surface area contributed by atoms with Crippen LogP contribution in [-0.2, 0) is 38.3 Å². The van der Waals surface area contributed by atoms with Gasteiger partial charge in [0, 0.05) is 31.2 Å². The van der Waals surface area contributed by atoms with E-state index in [4.69, 9.17) is 4.74 Å². The summed E-state index contributed by atoms with van der Waals surface area (Å²) in [6.45, 7) is 6.08. The molecule has 1 aliphatic heterocycles. The summed E-state index contributed by atoms with van der Waals surface area (Å²) in [6, 6.07) is 6.07. The Bertz CT molecular complexity index is 1420. The number of aliphatic carboxylic acids is 1. The predicted molar refractivity (Wildman–Crippen MR) is 194 cm³/mol. The molecule has 0 spiro atoms. The summed E-state index contributed by atoms with van der Waals surface area (Å²) in [6.07, 6.45) is 8.86. The van der Waals surface area contributed by atoms with Gasteiger partial charge in [0.1, 0.15) is 0 Å². The summed E-state index contributed by atoms with van der Waals surface area (Å²) in [5.74, 6) is -5.30. The summed E-state index contributed by atoms with van der Waals surface area (Å²) in [4.78, 5) is 94.8. The molecular weight excluding hydrogens is 664 g/mol. The summed E-state index contributed by atoms with van der Waals surface area (Å²) in [7, 11) is 0. The Labute approximate surface area is 308 Å². The van der Waals surface area contributed by atoms with E-state index in [1.165, 1.54) is 0 Å². The zero-order valence-electron chi connectivity index (χ0n) is 31.2. The van der Waals surface area contributed by atoms with Crippen molar-refractivity contribution in [1.29, 1.82) is 0 Å². The molecule has 2 N–H and O–H groups in total. The van der Waals surface area contributed by atoms with Crippen molar-refractivity contribution >= 4 is 41.1 Å². The van der Waals surface area contributed by atoms with Crippen LogP contribution in [-0.4, -0.2) is 69.8 Å². The van der Waals surface area contributed by atoms with Gasteiger partial charge in [0.2, 0.25) is 17.6 Å². The maximum atomic E-state index is 14.7. The first-order chi connectivity index (χ1) is 24.9. The van der Waals surface area contributed by atoms with Gasteiger partial charge in [-0.25, -0.2) is 4.79 Å². The van der Waals surface area contributed by atoms with E-state index in [0.717, 1.165) is 57.8 Å². The minimum atomic E-state index is -1.30. The molecule has 1 aromatic carbocycles. The number of benzene rings is 1. The highest BCUT2D eigenvalue weighted by molar-refractivity contribution is 6.38. The molecule has 1 saturated heterocycles. The first-order valence-corrected chi connectivity index (χ1v) is 19.6.